The Bertz CT molecular complexity index is 2850. The Morgan fingerprint density at radius 1 is 0.417 bits per heavy atom. The molecule has 0 atom stereocenters. The van der Waals surface area contributed by atoms with Crippen LogP contribution in [0, 0.1) is 0 Å². The van der Waals surface area contributed by atoms with E-state index in [-0.39, 0.29) is 0 Å². The second kappa shape index (κ2) is 10.4. The first-order valence-corrected chi connectivity index (χ1v) is 15.8. The molecule has 0 amide bonds. The Balaban J connectivity index is 1.22. The maximum absolute atomic E-state index is 6.65. The van der Waals surface area contributed by atoms with Gasteiger partial charge < -0.3 is 8.83 Å². The van der Waals surface area contributed by atoms with E-state index >= 15 is 0 Å². The highest BCUT2D eigenvalue weighted by Crippen LogP contribution is 2.42. The van der Waals surface area contributed by atoms with Gasteiger partial charge in [0.2, 0.25) is 0 Å². The molecule has 0 aliphatic carbocycles. The molecule has 0 aliphatic heterocycles. The molecule has 0 unspecified atom stereocenters. The van der Waals surface area contributed by atoms with Crippen LogP contribution in [0.5, 0.6) is 0 Å². The summed E-state index contributed by atoms with van der Waals surface area (Å²) in [5.41, 5.74) is 7.48. The molecule has 0 bridgehead atoms. The number of nitrogens with zero attached hydrogens (tertiary/aromatic N) is 4. The first-order chi connectivity index (χ1) is 23.8. The number of hydrogen-bond acceptors (Lipinski definition) is 6. The number of aromatic nitrogens is 4. The quantitative estimate of drug-likeness (QED) is 0.196. The van der Waals surface area contributed by atoms with Crippen molar-refractivity contribution in [2.75, 3.05) is 0 Å². The first kappa shape index (κ1) is 26.5. The predicted octanol–water partition coefficient (Wildman–Crippen LogP) is 10.9. The van der Waals surface area contributed by atoms with E-state index in [1.807, 2.05) is 97.2 Å². The van der Waals surface area contributed by atoms with E-state index in [4.69, 9.17) is 28.8 Å². The average Bonchev–Trinajstić information content (AvgIpc) is 3.74. The van der Waals surface area contributed by atoms with E-state index in [0.29, 0.717) is 23.1 Å². The van der Waals surface area contributed by atoms with Crippen molar-refractivity contribution in [1.82, 2.24) is 19.9 Å². The van der Waals surface area contributed by atoms with Crippen LogP contribution in [0.1, 0.15) is 0 Å². The van der Waals surface area contributed by atoms with Crippen LogP contribution >= 0.6 is 0 Å². The summed E-state index contributed by atoms with van der Waals surface area (Å²) in [6.45, 7) is 0. The molecule has 224 valence electrons. The van der Waals surface area contributed by atoms with Crippen molar-refractivity contribution in [2.24, 2.45) is 0 Å². The lowest BCUT2D eigenvalue weighted by Crippen LogP contribution is -2.00. The largest absolute Gasteiger partial charge is 0.456 e. The zero-order valence-electron chi connectivity index (χ0n) is 25.5. The lowest BCUT2D eigenvalue weighted by atomic mass is 10.0. The minimum atomic E-state index is 0.571. The number of rotatable bonds is 4. The third-order valence-electron chi connectivity index (χ3n) is 8.99. The van der Waals surface area contributed by atoms with Crippen LogP contribution in [-0.2, 0) is 0 Å². The summed E-state index contributed by atoms with van der Waals surface area (Å²) >= 11 is 0. The van der Waals surface area contributed by atoms with E-state index in [0.717, 1.165) is 77.0 Å². The molecule has 0 aliphatic rings. The van der Waals surface area contributed by atoms with Crippen molar-refractivity contribution in [3.63, 3.8) is 0 Å². The Hall–Kier alpha value is -6.66. The Labute approximate surface area is 274 Å². The molecule has 0 radical (unpaired) electrons. The van der Waals surface area contributed by atoms with Gasteiger partial charge in [-0.05, 0) is 41.1 Å². The number of hydrogen-bond donors (Lipinski definition) is 0. The Morgan fingerprint density at radius 2 is 1.08 bits per heavy atom. The second-order valence-corrected chi connectivity index (χ2v) is 11.8. The van der Waals surface area contributed by atoms with Gasteiger partial charge in [-0.25, -0.2) is 15.0 Å². The minimum absolute atomic E-state index is 0.571. The fourth-order valence-electron chi connectivity index (χ4n) is 6.77. The van der Waals surface area contributed by atoms with Crippen LogP contribution in [0.3, 0.4) is 0 Å². The molecule has 0 spiro atoms. The molecule has 0 fully saturated rings. The van der Waals surface area contributed by atoms with Crippen molar-refractivity contribution in [3.8, 4) is 45.4 Å². The van der Waals surface area contributed by atoms with Crippen LogP contribution in [-0.4, -0.2) is 19.9 Å². The van der Waals surface area contributed by atoms with Gasteiger partial charge in [-0.2, -0.15) is 0 Å². The van der Waals surface area contributed by atoms with E-state index < -0.39 is 0 Å². The van der Waals surface area contributed by atoms with Gasteiger partial charge in [-0.1, -0.05) is 109 Å². The monoisotopic (exact) mass is 616 g/mol. The van der Waals surface area contributed by atoms with Gasteiger partial charge in [-0.3, -0.25) is 4.98 Å². The van der Waals surface area contributed by atoms with Crippen LogP contribution in [0.2, 0.25) is 0 Å². The van der Waals surface area contributed by atoms with Crippen molar-refractivity contribution >= 4 is 54.6 Å². The second-order valence-electron chi connectivity index (χ2n) is 11.8. The molecule has 48 heavy (non-hydrogen) atoms. The van der Waals surface area contributed by atoms with Gasteiger partial charge in [0.15, 0.2) is 23.1 Å². The molecular formula is C42H24N4O2. The third kappa shape index (κ3) is 4.13. The van der Waals surface area contributed by atoms with E-state index in [1.54, 1.807) is 0 Å². The third-order valence-corrected chi connectivity index (χ3v) is 8.99. The summed E-state index contributed by atoms with van der Waals surface area (Å²) in [6, 6.07) is 46.8. The van der Waals surface area contributed by atoms with Gasteiger partial charge in [0.25, 0.3) is 0 Å². The smallest absolute Gasteiger partial charge is 0.164 e. The number of furan rings is 2. The molecule has 0 saturated heterocycles. The lowest BCUT2D eigenvalue weighted by Gasteiger charge is -2.10. The molecule has 6 aromatic carbocycles. The van der Waals surface area contributed by atoms with Gasteiger partial charge in [0, 0.05) is 50.0 Å². The van der Waals surface area contributed by atoms with Crippen LogP contribution in [0.15, 0.2) is 155 Å². The summed E-state index contributed by atoms with van der Waals surface area (Å²) in [7, 11) is 0. The highest BCUT2D eigenvalue weighted by Gasteiger charge is 2.22. The summed E-state index contributed by atoms with van der Waals surface area (Å²) < 4.78 is 12.9. The Kier molecular flexibility index (Phi) is 5.77. The van der Waals surface area contributed by atoms with Crippen molar-refractivity contribution in [1.29, 1.82) is 0 Å². The maximum atomic E-state index is 6.65. The number of pyridine rings is 1. The maximum Gasteiger partial charge on any atom is 0.164 e. The zero-order valence-corrected chi connectivity index (χ0v) is 25.5. The van der Waals surface area contributed by atoms with E-state index in [9.17, 15) is 0 Å². The Morgan fingerprint density at radius 3 is 1.96 bits per heavy atom. The minimum Gasteiger partial charge on any atom is -0.456 e. The normalized spacial score (nSPS) is 11.8. The fourth-order valence-corrected chi connectivity index (χ4v) is 6.77. The number of para-hydroxylation sites is 1. The van der Waals surface area contributed by atoms with Gasteiger partial charge in [0.1, 0.15) is 22.4 Å². The summed E-state index contributed by atoms with van der Waals surface area (Å²) in [5.74, 6) is 1.78. The summed E-state index contributed by atoms with van der Waals surface area (Å²) in [4.78, 5) is 20.0. The van der Waals surface area contributed by atoms with Gasteiger partial charge in [0.05, 0.1) is 0 Å². The zero-order chi connectivity index (χ0) is 31.6. The molecule has 4 heterocycles. The fraction of sp³-hybridized carbons (Fsp3) is 0. The molecule has 0 N–H and O–H groups in total. The lowest BCUT2D eigenvalue weighted by molar-refractivity contribution is 0.668. The molecule has 6 nitrogen and oxygen atoms in total. The molecular weight excluding hydrogens is 592 g/mol. The molecule has 10 rings (SSSR count). The predicted molar refractivity (Wildman–Crippen MR) is 191 cm³/mol. The molecule has 0 saturated carbocycles. The van der Waals surface area contributed by atoms with Crippen molar-refractivity contribution < 1.29 is 8.83 Å². The van der Waals surface area contributed by atoms with Gasteiger partial charge in [-0.15, -0.1) is 0 Å². The standard InChI is InChI=1S/C42H24N4O2/c1-2-11-26(12-3-1)40-44-41(28-21-20-25-10-4-5-13-27(25)24-28)46-42(45-40)32-16-9-19-35-37(32)31-22-23-43-38(39(31)48-35)30-15-8-18-34-36(30)29-14-6-7-17-33(29)47-34/h1-24H. The highest BCUT2D eigenvalue weighted by molar-refractivity contribution is 6.18. The topological polar surface area (TPSA) is 77.8 Å². The summed E-state index contributed by atoms with van der Waals surface area (Å²) in [5, 5.41) is 6.20. The van der Waals surface area contributed by atoms with Crippen LogP contribution in [0.4, 0.5) is 0 Å². The average molecular weight is 617 g/mol. The van der Waals surface area contributed by atoms with Crippen molar-refractivity contribution in [3.05, 3.63) is 146 Å². The highest BCUT2D eigenvalue weighted by atomic mass is 16.3. The SMILES string of the molecule is c1ccc(-c2nc(-c3ccc4ccccc4c3)nc(-c3cccc4oc5c(-c6cccc7oc8ccccc8c67)nccc5c34)n2)cc1. The molecule has 10 aromatic rings. The van der Waals surface area contributed by atoms with Crippen LogP contribution in [0.25, 0.3) is 100 Å². The van der Waals surface area contributed by atoms with Gasteiger partial charge >= 0.3 is 0 Å². The van der Waals surface area contributed by atoms with E-state index in [2.05, 4.69) is 48.5 Å². The molecule has 6 heteroatoms. The van der Waals surface area contributed by atoms with E-state index in [1.165, 1.54) is 0 Å². The first-order valence-electron chi connectivity index (χ1n) is 15.8. The van der Waals surface area contributed by atoms with Crippen LogP contribution < -0.4 is 0 Å². The van der Waals surface area contributed by atoms with Crippen molar-refractivity contribution in [2.45, 2.75) is 0 Å². The number of benzene rings is 6. The number of fused-ring (bicyclic) bond motifs is 7. The summed E-state index contributed by atoms with van der Waals surface area (Å²) in [6.07, 6.45) is 1.84. The molecule has 4 aromatic heterocycles.